The molecule has 2 aliphatic heterocycles. The molecule has 2 fully saturated rings. The summed E-state index contributed by atoms with van der Waals surface area (Å²) in [7, 11) is 1.70. The van der Waals surface area contributed by atoms with E-state index in [1.54, 1.807) is 13.4 Å². The predicted molar refractivity (Wildman–Crippen MR) is 103 cm³/mol. The first-order valence-corrected chi connectivity index (χ1v) is 9.82. The molecule has 0 aliphatic carbocycles. The SMILES string of the molecule is COCCN1C(=O)[C@@H](c2ccccc2)CC12CCN(Cc1ccco1)CC2. The second-order valence-corrected chi connectivity index (χ2v) is 7.73. The summed E-state index contributed by atoms with van der Waals surface area (Å²) >= 11 is 0. The van der Waals surface area contributed by atoms with Crippen molar-refractivity contribution >= 4 is 5.91 Å². The molecule has 2 aliphatic rings. The highest BCUT2D eigenvalue weighted by molar-refractivity contribution is 5.87. The summed E-state index contributed by atoms with van der Waals surface area (Å²) in [5.74, 6) is 1.24. The van der Waals surface area contributed by atoms with Crippen molar-refractivity contribution in [1.29, 1.82) is 0 Å². The number of benzene rings is 1. The first kappa shape index (κ1) is 18.3. The summed E-state index contributed by atoms with van der Waals surface area (Å²) in [6.07, 6.45) is 4.65. The maximum absolute atomic E-state index is 13.3. The fourth-order valence-electron chi connectivity index (χ4n) is 4.70. The van der Waals surface area contributed by atoms with Crippen LogP contribution in [0, 0.1) is 0 Å². The van der Waals surface area contributed by atoms with E-state index in [1.807, 2.05) is 30.3 Å². The third kappa shape index (κ3) is 3.66. The number of likely N-dealkylation sites (tertiary alicyclic amines) is 2. The number of piperidine rings is 1. The lowest BCUT2D eigenvalue weighted by atomic mass is 9.81. The minimum absolute atomic E-state index is 0.0281. The zero-order valence-electron chi connectivity index (χ0n) is 16.0. The fraction of sp³-hybridized carbons (Fsp3) is 0.500. The van der Waals surface area contributed by atoms with Crippen molar-refractivity contribution in [1.82, 2.24) is 9.80 Å². The zero-order chi connectivity index (χ0) is 18.7. The van der Waals surface area contributed by atoms with Gasteiger partial charge >= 0.3 is 0 Å². The van der Waals surface area contributed by atoms with Crippen LogP contribution >= 0.6 is 0 Å². The van der Waals surface area contributed by atoms with Crippen LogP contribution in [0.1, 0.15) is 36.5 Å². The molecule has 3 heterocycles. The van der Waals surface area contributed by atoms with Crippen LogP contribution in [-0.4, -0.2) is 54.6 Å². The number of carbonyl (C=O) groups excluding carboxylic acids is 1. The molecule has 1 atom stereocenters. The standard InChI is InChI=1S/C22H28N2O3/c1-26-15-13-24-21(25)20(18-6-3-2-4-7-18)16-22(24)9-11-23(12-10-22)17-19-8-5-14-27-19/h2-8,14,20H,9-13,15-17H2,1H3/t20-/m1/s1. The molecule has 2 saturated heterocycles. The van der Waals surface area contributed by atoms with Gasteiger partial charge in [-0.2, -0.15) is 0 Å². The molecule has 4 rings (SSSR count). The maximum Gasteiger partial charge on any atom is 0.230 e. The highest BCUT2D eigenvalue weighted by atomic mass is 16.5. The van der Waals surface area contributed by atoms with Crippen LogP contribution in [0.15, 0.2) is 53.1 Å². The second kappa shape index (κ2) is 7.87. The molecule has 5 nitrogen and oxygen atoms in total. The van der Waals surface area contributed by atoms with Crippen LogP contribution < -0.4 is 0 Å². The Kier molecular flexibility index (Phi) is 5.32. The molecule has 0 saturated carbocycles. The largest absolute Gasteiger partial charge is 0.468 e. The summed E-state index contributed by atoms with van der Waals surface area (Å²) in [4.78, 5) is 17.8. The predicted octanol–water partition coefficient (Wildman–Crippen LogP) is 3.28. The number of ether oxygens (including phenoxy) is 1. The Morgan fingerprint density at radius 1 is 1.15 bits per heavy atom. The van der Waals surface area contributed by atoms with E-state index in [1.165, 1.54) is 0 Å². The van der Waals surface area contributed by atoms with Gasteiger partial charge in [-0.15, -0.1) is 0 Å². The molecule has 5 heteroatoms. The van der Waals surface area contributed by atoms with Gasteiger partial charge in [-0.25, -0.2) is 0 Å². The fourth-order valence-corrected chi connectivity index (χ4v) is 4.70. The molecule has 1 aromatic carbocycles. The monoisotopic (exact) mass is 368 g/mol. The van der Waals surface area contributed by atoms with Gasteiger partial charge in [-0.3, -0.25) is 9.69 Å². The Bertz CT molecular complexity index is 736. The quantitative estimate of drug-likeness (QED) is 0.785. The number of rotatable bonds is 6. The van der Waals surface area contributed by atoms with Crippen molar-refractivity contribution in [2.24, 2.45) is 0 Å². The summed E-state index contributed by atoms with van der Waals surface area (Å²) in [6, 6.07) is 14.2. The summed E-state index contributed by atoms with van der Waals surface area (Å²) in [5, 5.41) is 0. The van der Waals surface area contributed by atoms with Crippen molar-refractivity contribution in [2.75, 3.05) is 33.4 Å². The van der Waals surface area contributed by atoms with E-state index in [9.17, 15) is 4.79 Å². The molecule has 1 aromatic heterocycles. The Labute approximate surface area is 160 Å². The van der Waals surface area contributed by atoms with Crippen molar-refractivity contribution in [3.63, 3.8) is 0 Å². The van der Waals surface area contributed by atoms with Crippen LogP contribution in [-0.2, 0) is 16.1 Å². The third-order valence-corrected chi connectivity index (χ3v) is 6.19. The lowest BCUT2D eigenvalue weighted by molar-refractivity contribution is -0.134. The lowest BCUT2D eigenvalue weighted by Crippen LogP contribution is -2.53. The molecule has 0 radical (unpaired) electrons. The maximum atomic E-state index is 13.3. The Morgan fingerprint density at radius 2 is 1.93 bits per heavy atom. The number of hydrogen-bond donors (Lipinski definition) is 0. The van der Waals surface area contributed by atoms with Crippen LogP contribution in [0.5, 0.6) is 0 Å². The summed E-state index contributed by atoms with van der Waals surface area (Å²) in [6.45, 7) is 4.08. The molecule has 144 valence electrons. The van der Waals surface area contributed by atoms with Crippen molar-refractivity contribution < 1.29 is 13.9 Å². The van der Waals surface area contributed by atoms with E-state index in [2.05, 4.69) is 21.9 Å². The van der Waals surface area contributed by atoms with Crippen LogP contribution in [0.3, 0.4) is 0 Å². The molecule has 2 aromatic rings. The van der Waals surface area contributed by atoms with E-state index in [4.69, 9.17) is 9.15 Å². The third-order valence-electron chi connectivity index (χ3n) is 6.19. The van der Waals surface area contributed by atoms with Gasteiger partial charge in [0.05, 0.1) is 25.3 Å². The van der Waals surface area contributed by atoms with Crippen LogP contribution in [0.2, 0.25) is 0 Å². The Hall–Kier alpha value is -2.11. The van der Waals surface area contributed by atoms with Crippen molar-refractivity contribution in [3.05, 3.63) is 60.1 Å². The zero-order valence-corrected chi connectivity index (χ0v) is 16.0. The van der Waals surface area contributed by atoms with E-state index in [0.717, 1.165) is 50.2 Å². The van der Waals surface area contributed by atoms with Crippen molar-refractivity contribution in [2.45, 2.75) is 37.3 Å². The van der Waals surface area contributed by atoms with Gasteiger partial charge < -0.3 is 14.1 Å². The van der Waals surface area contributed by atoms with Gasteiger partial charge in [0.15, 0.2) is 0 Å². The topological polar surface area (TPSA) is 45.9 Å². The average Bonchev–Trinajstić information content (AvgIpc) is 3.30. The first-order chi connectivity index (χ1) is 13.2. The van der Waals surface area contributed by atoms with Gasteiger partial charge in [0, 0.05) is 32.3 Å². The number of carbonyl (C=O) groups is 1. The molecule has 0 bridgehead atoms. The molecule has 0 N–H and O–H groups in total. The van der Waals surface area contributed by atoms with E-state index in [0.29, 0.717) is 13.2 Å². The van der Waals surface area contributed by atoms with Gasteiger partial charge in [0.2, 0.25) is 5.91 Å². The van der Waals surface area contributed by atoms with E-state index < -0.39 is 0 Å². The van der Waals surface area contributed by atoms with Gasteiger partial charge in [-0.1, -0.05) is 30.3 Å². The molecular formula is C22H28N2O3. The highest BCUT2D eigenvalue weighted by Gasteiger charge is 2.51. The van der Waals surface area contributed by atoms with Crippen LogP contribution in [0.4, 0.5) is 0 Å². The lowest BCUT2D eigenvalue weighted by Gasteiger charge is -2.44. The van der Waals surface area contributed by atoms with Gasteiger partial charge in [0.25, 0.3) is 0 Å². The number of nitrogens with zero attached hydrogens (tertiary/aromatic N) is 2. The minimum Gasteiger partial charge on any atom is -0.468 e. The smallest absolute Gasteiger partial charge is 0.230 e. The van der Waals surface area contributed by atoms with Gasteiger partial charge in [-0.05, 0) is 37.0 Å². The number of methoxy groups -OCH3 is 1. The Morgan fingerprint density at radius 3 is 2.59 bits per heavy atom. The number of hydrogen-bond acceptors (Lipinski definition) is 4. The number of amides is 1. The molecular weight excluding hydrogens is 340 g/mol. The normalized spacial score (nSPS) is 22.6. The van der Waals surface area contributed by atoms with E-state index >= 15 is 0 Å². The van der Waals surface area contributed by atoms with E-state index in [-0.39, 0.29) is 17.4 Å². The Balaban J connectivity index is 1.50. The summed E-state index contributed by atoms with van der Waals surface area (Å²) in [5.41, 5.74) is 1.09. The average molecular weight is 368 g/mol. The molecule has 0 unspecified atom stereocenters. The minimum atomic E-state index is -0.0458. The first-order valence-electron chi connectivity index (χ1n) is 9.82. The van der Waals surface area contributed by atoms with Crippen molar-refractivity contribution in [3.8, 4) is 0 Å². The molecule has 1 spiro atoms. The molecule has 1 amide bonds. The number of furan rings is 1. The molecule has 27 heavy (non-hydrogen) atoms. The van der Waals surface area contributed by atoms with Crippen LogP contribution in [0.25, 0.3) is 0 Å². The highest BCUT2D eigenvalue weighted by Crippen LogP contribution is 2.45. The summed E-state index contributed by atoms with van der Waals surface area (Å²) < 4.78 is 10.8. The van der Waals surface area contributed by atoms with Gasteiger partial charge in [0.1, 0.15) is 5.76 Å². The second-order valence-electron chi connectivity index (χ2n) is 7.73.